The lowest BCUT2D eigenvalue weighted by Crippen LogP contribution is -2.31. The normalized spacial score (nSPS) is 18.1. The molecule has 0 bridgehead atoms. The Bertz CT molecular complexity index is 1000. The van der Waals surface area contributed by atoms with Crippen molar-refractivity contribution in [2.75, 3.05) is 27.4 Å². The maximum absolute atomic E-state index is 12.9. The third kappa shape index (κ3) is 4.13. The van der Waals surface area contributed by atoms with E-state index in [1.807, 2.05) is 0 Å². The largest absolute Gasteiger partial charge is 0.507 e. The van der Waals surface area contributed by atoms with Crippen LogP contribution in [0, 0.1) is 0 Å². The van der Waals surface area contributed by atoms with Gasteiger partial charge in [-0.05, 0) is 36.2 Å². The number of phenols is 1. The average molecular weight is 432 g/mol. The molecule has 2 N–H and O–H groups in total. The molecule has 0 aliphatic carbocycles. The summed E-state index contributed by atoms with van der Waals surface area (Å²) in [6.07, 6.45) is 0.505. The van der Waals surface area contributed by atoms with Crippen molar-refractivity contribution in [2.24, 2.45) is 0 Å². The van der Waals surface area contributed by atoms with Gasteiger partial charge in [0.25, 0.3) is 11.7 Å². The summed E-state index contributed by atoms with van der Waals surface area (Å²) in [6.45, 7) is 0.651. The van der Waals surface area contributed by atoms with Crippen molar-refractivity contribution in [1.29, 1.82) is 0 Å². The van der Waals surface area contributed by atoms with Gasteiger partial charge < -0.3 is 24.6 Å². The average Bonchev–Trinajstić information content (AvgIpc) is 3.00. The number of nitrogens with zero attached hydrogens (tertiary/aromatic N) is 1. The van der Waals surface area contributed by atoms with E-state index in [9.17, 15) is 19.8 Å². The minimum Gasteiger partial charge on any atom is -0.507 e. The van der Waals surface area contributed by atoms with Crippen molar-refractivity contribution in [3.8, 4) is 11.5 Å². The highest BCUT2D eigenvalue weighted by molar-refractivity contribution is 6.46. The van der Waals surface area contributed by atoms with E-state index < -0.39 is 17.7 Å². The van der Waals surface area contributed by atoms with Gasteiger partial charge in [-0.3, -0.25) is 9.59 Å². The number of carbonyl (C=O) groups is 2. The van der Waals surface area contributed by atoms with E-state index >= 15 is 0 Å². The molecule has 7 nitrogen and oxygen atoms in total. The zero-order chi connectivity index (χ0) is 21.8. The van der Waals surface area contributed by atoms with Crippen LogP contribution in [-0.2, 0) is 14.3 Å². The molecule has 1 amide bonds. The lowest BCUT2D eigenvalue weighted by Gasteiger charge is -2.25. The third-order valence-corrected chi connectivity index (χ3v) is 5.22. The Morgan fingerprint density at radius 2 is 1.93 bits per heavy atom. The number of ketones is 1. The van der Waals surface area contributed by atoms with Gasteiger partial charge in [0.1, 0.15) is 17.3 Å². The van der Waals surface area contributed by atoms with E-state index in [0.29, 0.717) is 29.9 Å². The van der Waals surface area contributed by atoms with Crippen LogP contribution >= 0.6 is 11.6 Å². The predicted molar refractivity (Wildman–Crippen MR) is 112 cm³/mol. The summed E-state index contributed by atoms with van der Waals surface area (Å²) in [7, 11) is 3.04. The number of hydrogen-bond donors (Lipinski definition) is 2. The summed E-state index contributed by atoms with van der Waals surface area (Å²) in [6, 6.07) is 10.2. The molecule has 8 heteroatoms. The van der Waals surface area contributed by atoms with Gasteiger partial charge in [0.05, 0.1) is 23.7 Å². The number of amides is 1. The minimum atomic E-state index is -0.855. The van der Waals surface area contributed by atoms with Crippen LogP contribution in [0.3, 0.4) is 0 Å². The number of phenolic OH excluding ortho intramolecular Hbond substituents is 1. The fourth-order valence-corrected chi connectivity index (χ4v) is 3.64. The Hall–Kier alpha value is -3.03. The number of aliphatic hydroxyl groups is 1. The molecule has 0 saturated carbocycles. The first-order valence-corrected chi connectivity index (χ1v) is 9.67. The lowest BCUT2D eigenvalue weighted by atomic mass is 9.95. The SMILES string of the molecule is COCCCN1C(=O)C(=O)/C(=C(\O)c2cccc(OC)c2)C1c1ccc(O)c(Cl)c1. The van der Waals surface area contributed by atoms with Gasteiger partial charge >= 0.3 is 0 Å². The molecule has 0 radical (unpaired) electrons. The van der Waals surface area contributed by atoms with Crippen LogP contribution in [-0.4, -0.2) is 54.2 Å². The molecule has 2 aromatic carbocycles. The molecule has 1 atom stereocenters. The smallest absolute Gasteiger partial charge is 0.295 e. The van der Waals surface area contributed by atoms with E-state index in [0.717, 1.165) is 0 Å². The highest BCUT2D eigenvalue weighted by atomic mass is 35.5. The Balaban J connectivity index is 2.15. The number of carbonyl (C=O) groups excluding carboxylic acids is 2. The first-order chi connectivity index (χ1) is 14.4. The van der Waals surface area contributed by atoms with Crippen molar-refractivity contribution in [3.05, 3.63) is 64.2 Å². The standard InChI is InChI=1S/C22H22ClNO6/c1-29-10-4-9-24-19(13-7-8-17(25)16(23)12-13)18(21(27)22(24)28)20(26)14-5-3-6-15(11-14)30-2/h3,5-8,11-12,19,25-26H,4,9-10H2,1-2H3/b20-18-. The van der Waals surface area contributed by atoms with Crippen LogP contribution in [0.15, 0.2) is 48.0 Å². The van der Waals surface area contributed by atoms with Gasteiger partial charge in [-0.15, -0.1) is 0 Å². The zero-order valence-electron chi connectivity index (χ0n) is 16.6. The molecule has 1 saturated heterocycles. The number of aromatic hydroxyl groups is 1. The van der Waals surface area contributed by atoms with Crippen LogP contribution in [0.25, 0.3) is 5.76 Å². The molecule has 1 aliphatic heterocycles. The lowest BCUT2D eigenvalue weighted by molar-refractivity contribution is -0.140. The number of hydrogen-bond acceptors (Lipinski definition) is 6. The fraction of sp³-hybridized carbons (Fsp3) is 0.273. The van der Waals surface area contributed by atoms with E-state index in [-0.39, 0.29) is 28.6 Å². The van der Waals surface area contributed by atoms with E-state index in [1.54, 1.807) is 37.4 Å². The van der Waals surface area contributed by atoms with Crippen LogP contribution in [0.1, 0.15) is 23.6 Å². The number of ether oxygens (including phenoxy) is 2. The summed E-state index contributed by atoms with van der Waals surface area (Å²) in [5, 5.41) is 20.8. The van der Waals surface area contributed by atoms with Crippen molar-refractivity contribution in [2.45, 2.75) is 12.5 Å². The summed E-state index contributed by atoms with van der Waals surface area (Å²) in [5.74, 6) is -1.44. The zero-order valence-corrected chi connectivity index (χ0v) is 17.3. The van der Waals surface area contributed by atoms with E-state index in [2.05, 4.69) is 0 Å². The molecule has 3 rings (SSSR count). The second-order valence-corrected chi connectivity index (χ2v) is 7.19. The quantitative estimate of drug-likeness (QED) is 0.301. The predicted octanol–water partition coefficient (Wildman–Crippen LogP) is 3.51. The minimum absolute atomic E-state index is 0.0487. The summed E-state index contributed by atoms with van der Waals surface area (Å²) in [4.78, 5) is 27.1. The molecular formula is C22H22ClNO6. The first kappa shape index (κ1) is 21.7. The summed E-state index contributed by atoms with van der Waals surface area (Å²) in [5.41, 5.74) is 0.797. The van der Waals surface area contributed by atoms with E-state index in [4.69, 9.17) is 21.1 Å². The molecule has 0 aromatic heterocycles. The second kappa shape index (κ2) is 9.19. The summed E-state index contributed by atoms with van der Waals surface area (Å²) < 4.78 is 10.2. The highest BCUT2D eigenvalue weighted by Crippen LogP contribution is 2.41. The topological polar surface area (TPSA) is 96.3 Å². The van der Waals surface area contributed by atoms with Crippen LogP contribution in [0.5, 0.6) is 11.5 Å². The molecule has 1 unspecified atom stereocenters. The van der Waals surface area contributed by atoms with Gasteiger partial charge in [-0.1, -0.05) is 29.8 Å². The van der Waals surface area contributed by atoms with E-state index in [1.165, 1.54) is 24.1 Å². The molecule has 0 spiro atoms. The molecule has 1 aliphatic rings. The number of methoxy groups -OCH3 is 2. The molecule has 30 heavy (non-hydrogen) atoms. The van der Waals surface area contributed by atoms with Crippen LogP contribution < -0.4 is 4.74 Å². The molecule has 1 heterocycles. The maximum atomic E-state index is 12.9. The monoisotopic (exact) mass is 431 g/mol. The summed E-state index contributed by atoms with van der Waals surface area (Å²) >= 11 is 6.07. The molecule has 1 fully saturated rings. The van der Waals surface area contributed by atoms with Gasteiger partial charge in [-0.2, -0.15) is 0 Å². The molecule has 158 valence electrons. The number of halogens is 1. The Labute approximate surface area is 179 Å². The van der Waals surface area contributed by atoms with Gasteiger partial charge in [0, 0.05) is 25.8 Å². The van der Waals surface area contributed by atoms with Gasteiger partial charge in [0.15, 0.2) is 0 Å². The van der Waals surface area contributed by atoms with Crippen LogP contribution in [0.4, 0.5) is 0 Å². The Morgan fingerprint density at radius 1 is 1.17 bits per heavy atom. The number of likely N-dealkylation sites (tertiary alicyclic amines) is 1. The molecular weight excluding hydrogens is 410 g/mol. The maximum Gasteiger partial charge on any atom is 0.295 e. The van der Waals surface area contributed by atoms with Crippen molar-refractivity contribution in [3.63, 3.8) is 0 Å². The van der Waals surface area contributed by atoms with Crippen LogP contribution in [0.2, 0.25) is 5.02 Å². The Kier molecular flexibility index (Phi) is 6.64. The second-order valence-electron chi connectivity index (χ2n) is 6.78. The van der Waals surface area contributed by atoms with Crippen molar-refractivity contribution < 1.29 is 29.3 Å². The van der Waals surface area contributed by atoms with Gasteiger partial charge in [0.2, 0.25) is 0 Å². The van der Waals surface area contributed by atoms with Crippen molar-refractivity contribution >= 4 is 29.1 Å². The Morgan fingerprint density at radius 3 is 2.60 bits per heavy atom. The number of rotatable bonds is 7. The number of Topliss-reactive ketones (excluding diaryl/α,β-unsaturated/α-hetero) is 1. The fourth-order valence-electron chi connectivity index (χ4n) is 3.46. The van der Waals surface area contributed by atoms with Gasteiger partial charge in [-0.25, -0.2) is 0 Å². The molecule has 2 aromatic rings. The number of benzene rings is 2. The van der Waals surface area contributed by atoms with Crippen molar-refractivity contribution in [1.82, 2.24) is 4.90 Å². The highest BCUT2D eigenvalue weighted by Gasteiger charge is 2.45. The third-order valence-electron chi connectivity index (χ3n) is 4.92. The first-order valence-electron chi connectivity index (χ1n) is 9.29. The number of aliphatic hydroxyl groups excluding tert-OH is 1.